The molecule has 28 heavy (non-hydrogen) atoms. The van der Waals surface area contributed by atoms with Crippen LogP contribution in [0.4, 0.5) is 20.3 Å². The maximum atomic E-state index is 13.3. The van der Waals surface area contributed by atoms with Crippen LogP contribution in [0, 0.1) is 17.6 Å². The normalized spacial score (nSPS) is 15.6. The van der Waals surface area contributed by atoms with Gasteiger partial charge in [-0.15, -0.1) is 0 Å². The molecule has 1 aromatic heterocycles. The van der Waals surface area contributed by atoms with E-state index in [1.54, 1.807) is 6.07 Å². The smallest absolute Gasteiger partial charge is 0.263 e. The Balaban J connectivity index is 1.64. The second-order valence-electron chi connectivity index (χ2n) is 6.68. The summed E-state index contributed by atoms with van der Waals surface area (Å²) in [6.07, 6.45) is 3.27. The summed E-state index contributed by atoms with van der Waals surface area (Å²) in [5.74, 6) is -0.918. The number of aromatic nitrogens is 1. The maximum Gasteiger partial charge on any atom is 0.263 e. The van der Waals surface area contributed by atoms with Gasteiger partial charge in [-0.2, -0.15) is 0 Å². The van der Waals surface area contributed by atoms with Crippen molar-refractivity contribution in [1.29, 1.82) is 0 Å². The van der Waals surface area contributed by atoms with Crippen molar-refractivity contribution in [2.24, 2.45) is 5.92 Å². The van der Waals surface area contributed by atoms with Crippen molar-refractivity contribution in [2.75, 3.05) is 35.9 Å². The van der Waals surface area contributed by atoms with E-state index in [0.717, 1.165) is 57.3 Å². The van der Waals surface area contributed by atoms with Gasteiger partial charge < -0.3 is 9.64 Å². The van der Waals surface area contributed by atoms with E-state index in [0.29, 0.717) is 11.7 Å². The van der Waals surface area contributed by atoms with Gasteiger partial charge in [0.05, 0.1) is 5.69 Å². The number of benzene rings is 1. The number of anilines is 2. The fraction of sp³-hybridized carbons (Fsp3) is 0.421. The summed E-state index contributed by atoms with van der Waals surface area (Å²) in [5, 5.41) is 0. The van der Waals surface area contributed by atoms with E-state index in [1.165, 1.54) is 12.3 Å². The summed E-state index contributed by atoms with van der Waals surface area (Å²) < 4.78 is 58.8. The highest BCUT2D eigenvalue weighted by molar-refractivity contribution is 7.92. The molecule has 2 aromatic rings. The van der Waals surface area contributed by atoms with Crippen LogP contribution in [-0.4, -0.2) is 39.7 Å². The standard InChI is InChI=1S/C19H23F2N3O3S/c1-2-27-13-14-7-9-24(10-8-14)19-6-4-16(12-22-19)28(25,26)23-15-3-5-17(20)18(21)11-15/h3-6,11-12,14,23H,2,7-10,13H2,1H3. The predicted octanol–water partition coefficient (Wildman–Crippen LogP) is 3.41. The molecule has 0 aliphatic carbocycles. The molecular weight excluding hydrogens is 388 g/mol. The average molecular weight is 411 g/mol. The molecule has 9 heteroatoms. The summed E-state index contributed by atoms with van der Waals surface area (Å²) in [6.45, 7) is 5.14. The van der Waals surface area contributed by atoms with Crippen LogP contribution in [0.25, 0.3) is 0 Å². The molecule has 3 rings (SSSR count). The maximum absolute atomic E-state index is 13.3. The van der Waals surface area contributed by atoms with Gasteiger partial charge in [-0.05, 0) is 49.9 Å². The van der Waals surface area contributed by atoms with E-state index in [2.05, 4.69) is 14.6 Å². The molecule has 0 atom stereocenters. The second kappa shape index (κ2) is 8.83. The predicted molar refractivity (Wildman–Crippen MR) is 103 cm³/mol. The molecule has 152 valence electrons. The zero-order valence-corrected chi connectivity index (χ0v) is 16.4. The number of pyridine rings is 1. The molecule has 0 spiro atoms. The second-order valence-corrected chi connectivity index (χ2v) is 8.36. The summed E-state index contributed by atoms with van der Waals surface area (Å²) in [4.78, 5) is 6.33. The lowest BCUT2D eigenvalue weighted by atomic mass is 9.98. The third kappa shape index (κ3) is 4.96. The molecule has 0 saturated carbocycles. The number of rotatable bonds is 7. The quantitative estimate of drug-likeness (QED) is 0.756. The van der Waals surface area contributed by atoms with Crippen LogP contribution in [0.5, 0.6) is 0 Å². The fourth-order valence-electron chi connectivity index (χ4n) is 3.11. The minimum atomic E-state index is -3.95. The molecule has 0 unspecified atom stereocenters. The number of ether oxygens (including phenoxy) is 1. The Hall–Kier alpha value is -2.26. The number of nitrogens with one attached hydrogen (secondary N) is 1. The minimum absolute atomic E-state index is 0.0489. The molecule has 1 fully saturated rings. The van der Waals surface area contributed by atoms with Crippen molar-refractivity contribution in [2.45, 2.75) is 24.7 Å². The van der Waals surface area contributed by atoms with Crippen LogP contribution < -0.4 is 9.62 Å². The van der Waals surface area contributed by atoms with Gasteiger partial charge >= 0.3 is 0 Å². The van der Waals surface area contributed by atoms with Crippen molar-refractivity contribution in [3.63, 3.8) is 0 Å². The Morgan fingerprint density at radius 3 is 2.54 bits per heavy atom. The van der Waals surface area contributed by atoms with Gasteiger partial charge in [0.1, 0.15) is 10.7 Å². The van der Waals surface area contributed by atoms with Crippen molar-refractivity contribution in [3.05, 3.63) is 48.2 Å². The number of nitrogens with zero attached hydrogens (tertiary/aromatic N) is 2. The van der Waals surface area contributed by atoms with E-state index >= 15 is 0 Å². The molecule has 6 nitrogen and oxygen atoms in total. The Labute approximate surface area is 163 Å². The van der Waals surface area contributed by atoms with Crippen LogP contribution in [0.1, 0.15) is 19.8 Å². The number of piperidine rings is 1. The first-order valence-electron chi connectivity index (χ1n) is 9.15. The van der Waals surface area contributed by atoms with Crippen LogP contribution in [0.3, 0.4) is 0 Å². The average Bonchev–Trinajstić information content (AvgIpc) is 2.69. The molecule has 1 N–H and O–H groups in total. The molecule has 0 amide bonds. The third-order valence-electron chi connectivity index (χ3n) is 4.70. The third-order valence-corrected chi connectivity index (χ3v) is 6.07. The highest BCUT2D eigenvalue weighted by atomic mass is 32.2. The first-order valence-corrected chi connectivity index (χ1v) is 10.6. The molecule has 1 aliphatic rings. The Morgan fingerprint density at radius 2 is 1.93 bits per heavy atom. The van der Waals surface area contributed by atoms with Gasteiger partial charge in [-0.3, -0.25) is 4.72 Å². The minimum Gasteiger partial charge on any atom is -0.381 e. The molecular formula is C19H23F2N3O3S. The lowest BCUT2D eigenvalue weighted by Crippen LogP contribution is -2.35. The molecule has 0 radical (unpaired) electrons. The Bertz CT molecular complexity index is 899. The Morgan fingerprint density at radius 1 is 1.18 bits per heavy atom. The van der Waals surface area contributed by atoms with Gasteiger partial charge in [-0.1, -0.05) is 0 Å². The van der Waals surface area contributed by atoms with Crippen molar-refractivity contribution in [3.8, 4) is 0 Å². The SMILES string of the molecule is CCOCC1CCN(c2ccc(S(=O)(=O)Nc3ccc(F)c(F)c3)cn2)CC1. The highest BCUT2D eigenvalue weighted by Gasteiger charge is 2.21. The number of sulfonamides is 1. The van der Waals surface area contributed by atoms with Crippen LogP contribution >= 0.6 is 0 Å². The highest BCUT2D eigenvalue weighted by Crippen LogP contribution is 2.24. The van der Waals surface area contributed by atoms with E-state index in [1.807, 2.05) is 6.92 Å². The zero-order chi connectivity index (χ0) is 20.1. The van der Waals surface area contributed by atoms with Gasteiger partial charge in [0.25, 0.3) is 10.0 Å². The van der Waals surface area contributed by atoms with Crippen molar-refractivity contribution in [1.82, 2.24) is 4.98 Å². The van der Waals surface area contributed by atoms with Gasteiger partial charge in [0.2, 0.25) is 0 Å². The summed E-state index contributed by atoms with van der Waals surface area (Å²) in [5.41, 5.74) is -0.0562. The summed E-state index contributed by atoms with van der Waals surface area (Å²) >= 11 is 0. The van der Waals surface area contributed by atoms with Crippen LogP contribution in [0.2, 0.25) is 0 Å². The van der Waals surface area contributed by atoms with Crippen LogP contribution in [-0.2, 0) is 14.8 Å². The van der Waals surface area contributed by atoms with Crippen molar-refractivity contribution >= 4 is 21.5 Å². The lowest BCUT2D eigenvalue weighted by Gasteiger charge is -2.32. The molecule has 1 aromatic carbocycles. The van der Waals surface area contributed by atoms with E-state index in [-0.39, 0.29) is 10.6 Å². The van der Waals surface area contributed by atoms with Gasteiger partial charge in [0, 0.05) is 38.6 Å². The lowest BCUT2D eigenvalue weighted by molar-refractivity contribution is 0.100. The monoisotopic (exact) mass is 411 g/mol. The molecule has 1 aliphatic heterocycles. The summed E-state index contributed by atoms with van der Waals surface area (Å²) in [6, 6.07) is 5.93. The van der Waals surface area contributed by atoms with Gasteiger partial charge in [-0.25, -0.2) is 22.2 Å². The number of hydrogen-bond acceptors (Lipinski definition) is 5. The number of halogens is 2. The molecule has 1 saturated heterocycles. The summed E-state index contributed by atoms with van der Waals surface area (Å²) in [7, 11) is -3.95. The first-order chi connectivity index (χ1) is 13.4. The number of hydrogen-bond donors (Lipinski definition) is 1. The zero-order valence-electron chi connectivity index (χ0n) is 15.6. The topological polar surface area (TPSA) is 71.5 Å². The van der Waals surface area contributed by atoms with E-state index in [4.69, 9.17) is 4.74 Å². The molecule has 0 bridgehead atoms. The first kappa shape index (κ1) is 20.5. The fourth-order valence-corrected chi connectivity index (χ4v) is 4.10. The largest absolute Gasteiger partial charge is 0.381 e. The molecule has 2 heterocycles. The van der Waals surface area contributed by atoms with E-state index in [9.17, 15) is 17.2 Å². The van der Waals surface area contributed by atoms with Gasteiger partial charge in [0.15, 0.2) is 11.6 Å². The Kier molecular flexibility index (Phi) is 6.46. The van der Waals surface area contributed by atoms with E-state index < -0.39 is 21.7 Å². The van der Waals surface area contributed by atoms with Crippen LogP contribution in [0.15, 0.2) is 41.4 Å². The van der Waals surface area contributed by atoms with Crippen molar-refractivity contribution < 1.29 is 21.9 Å².